The number of aromatic nitrogens is 2. The number of alkyl halides is 3. The number of carbonyl (C=O) groups is 2. The molecule has 2 aromatic heterocycles. The van der Waals surface area contributed by atoms with Gasteiger partial charge in [0.25, 0.3) is 11.8 Å². The fraction of sp³-hybridized carbons (Fsp3) is 0.250. The third-order valence-electron chi connectivity index (χ3n) is 4.57. The predicted octanol–water partition coefficient (Wildman–Crippen LogP) is 5.53. The van der Waals surface area contributed by atoms with Crippen LogP contribution in [0.2, 0.25) is 5.02 Å². The molecule has 0 aliphatic carbocycles. The normalized spacial score (nSPS) is 11.5. The molecule has 0 aliphatic heterocycles. The highest BCUT2D eigenvalue weighted by Gasteiger charge is 2.31. The van der Waals surface area contributed by atoms with Crippen LogP contribution in [0.25, 0.3) is 0 Å². The van der Waals surface area contributed by atoms with E-state index >= 15 is 0 Å². The molecule has 0 saturated carbocycles. The molecule has 0 bridgehead atoms. The standard InChI is InChI=1S/C20H18ClF3N4O2S/c1-4-13-10(2)31-19(27-18(30)16-14(21)9-25-28(16)3)15(13)17(29)26-12-7-5-6-11(8-12)20(22,23)24/h5-9H,4H2,1-3H3,(H,26,29)(H,27,30). The molecule has 0 atom stereocenters. The molecule has 0 aliphatic rings. The molecule has 0 fully saturated rings. The number of carbonyl (C=O) groups excluding carboxylic acids is 2. The van der Waals surface area contributed by atoms with Crippen LogP contribution in [0.15, 0.2) is 30.5 Å². The Morgan fingerprint density at radius 2 is 1.94 bits per heavy atom. The predicted molar refractivity (Wildman–Crippen MR) is 114 cm³/mol. The molecule has 3 aromatic rings. The van der Waals surface area contributed by atoms with Gasteiger partial charge in [0.05, 0.1) is 22.3 Å². The van der Waals surface area contributed by atoms with E-state index in [4.69, 9.17) is 11.6 Å². The fourth-order valence-electron chi connectivity index (χ4n) is 3.13. The van der Waals surface area contributed by atoms with Crippen molar-refractivity contribution in [1.82, 2.24) is 9.78 Å². The summed E-state index contributed by atoms with van der Waals surface area (Å²) < 4.78 is 40.3. The molecule has 0 spiro atoms. The van der Waals surface area contributed by atoms with Crippen LogP contribution in [0.4, 0.5) is 23.9 Å². The highest BCUT2D eigenvalue weighted by molar-refractivity contribution is 7.17. The van der Waals surface area contributed by atoms with E-state index in [1.54, 1.807) is 14.0 Å². The highest BCUT2D eigenvalue weighted by Crippen LogP contribution is 2.35. The number of thiophene rings is 1. The van der Waals surface area contributed by atoms with Crippen LogP contribution < -0.4 is 10.6 Å². The van der Waals surface area contributed by atoms with Crippen molar-refractivity contribution in [3.63, 3.8) is 0 Å². The van der Waals surface area contributed by atoms with Crippen molar-refractivity contribution in [2.75, 3.05) is 10.6 Å². The Labute approximate surface area is 185 Å². The van der Waals surface area contributed by atoms with E-state index in [1.807, 2.05) is 6.92 Å². The van der Waals surface area contributed by atoms with Crippen LogP contribution in [-0.4, -0.2) is 21.6 Å². The smallest absolute Gasteiger partial charge is 0.322 e. The first kappa shape index (κ1) is 22.8. The number of aryl methyl sites for hydroxylation is 2. The van der Waals surface area contributed by atoms with Gasteiger partial charge in [0.2, 0.25) is 0 Å². The molecule has 2 amide bonds. The second-order valence-corrected chi connectivity index (χ2v) is 8.28. The molecule has 6 nitrogen and oxygen atoms in total. The maximum absolute atomic E-state index is 13.0. The minimum Gasteiger partial charge on any atom is -0.322 e. The third-order valence-corrected chi connectivity index (χ3v) is 5.91. The highest BCUT2D eigenvalue weighted by atomic mass is 35.5. The van der Waals surface area contributed by atoms with E-state index in [9.17, 15) is 22.8 Å². The van der Waals surface area contributed by atoms with Gasteiger partial charge in [0, 0.05) is 17.6 Å². The molecule has 2 heterocycles. The molecule has 3 rings (SSSR count). The number of hydrogen-bond donors (Lipinski definition) is 2. The van der Waals surface area contributed by atoms with E-state index in [2.05, 4.69) is 15.7 Å². The van der Waals surface area contributed by atoms with Gasteiger partial charge < -0.3 is 10.6 Å². The summed E-state index contributed by atoms with van der Waals surface area (Å²) in [6.07, 6.45) is -2.71. The first-order valence-electron chi connectivity index (χ1n) is 9.12. The average molecular weight is 471 g/mol. The summed E-state index contributed by atoms with van der Waals surface area (Å²) >= 11 is 7.22. The first-order valence-corrected chi connectivity index (χ1v) is 10.3. The van der Waals surface area contributed by atoms with Crippen molar-refractivity contribution in [3.05, 3.63) is 62.7 Å². The minimum atomic E-state index is -4.53. The van der Waals surface area contributed by atoms with E-state index in [0.29, 0.717) is 12.0 Å². The lowest BCUT2D eigenvalue weighted by Crippen LogP contribution is -2.20. The van der Waals surface area contributed by atoms with Crippen LogP contribution in [-0.2, 0) is 19.6 Å². The van der Waals surface area contributed by atoms with Gasteiger partial charge in [-0.15, -0.1) is 11.3 Å². The second kappa shape index (κ2) is 8.72. The van der Waals surface area contributed by atoms with Gasteiger partial charge in [0.1, 0.15) is 10.7 Å². The van der Waals surface area contributed by atoms with Gasteiger partial charge in [-0.3, -0.25) is 14.3 Å². The molecule has 0 radical (unpaired) electrons. The molecule has 31 heavy (non-hydrogen) atoms. The molecule has 0 unspecified atom stereocenters. The zero-order chi connectivity index (χ0) is 22.9. The van der Waals surface area contributed by atoms with Gasteiger partial charge in [-0.2, -0.15) is 18.3 Å². The Morgan fingerprint density at radius 3 is 2.52 bits per heavy atom. The van der Waals surface area contributed by atoms with Crippen molar-refractivity contribution in [3.8, 4) is 0 Å². The molecular formula is C20H18ClF3N4O2S. The number of hydrogen-bond acceptors (Lipinski definition) is 4. The molecule has 2 N–H and O–H groups in total. The van der Waals surface area contributed by atoms with E-state index in [1.165, 1.54) is 34.3 Å². The SMILES string of the molecule is CCc1c(C)sc(NC(=O)c2c(Cl)cnn2C)c1C(=O)Nc1cccc(C(F)(F)F)c1. The van der Waals surface area contributed by atoms with Crippen LogP contribution in [0.3, 0.4) is 0 Å². The molecule has 11 heteroatoms. The molecule has 1 aromatic carbocycles. The Morgan fingerprint density at radius 1 is 1.23 bits per heavy atom. The van der Waals surface area contributed by atoms with E-state index in [-0.39, 0.29) is 27.0 Å². The third kappa shape index (κ3) is 4.75. The first-order chi connectivity index (χ1) is 14.5. The maximum atomic E-state index is 13.0. The molecule has 0 saturated heterocycles. The number of amides is 2. The zero-order valence-corrected chi connectivity index (χ0v) is 18.3. The van der Waals surface area contributed by atoms with Gasteiger partial charge in [-0.05, 0) is 37.1 Å². The van der Waals surface area contributed by atoms with Crippen molar-refractivity contribution >= 4 is 45.4 Å². The summed E-state index contributed by atoms with van der Waals surface area (Å²) in [5.41, 5.74) is 0.143. The number of nitrogens with zero attached hydrogens (tertiary/aromatic N) is 2. The Hall–Kier alpha value is -2.85. The lowest BCUT2D eigenvalue weighted by molar-refractivity contribution is -0.137. The summed E-state index contributed by atoms with van der Waals surface area (Å²) in [7, 11) is 1.55. The average Bonchev–Trinajstić information content (AvgIpc) is 3.19. The zero-order valence-electron chi connectivity index (χ0n) is 16.7. The summed E-state index contributed by atoms with van der Waals surface area (Å²) in [6.45, 7) is 3.65. The van der Waals surface area contributed by atoms with Gasteiger partial charge in [-0.1, -0.05) is 24.6 Å². The molecule has 164 valence electrons. The number of anilines is 2. The van der Waals surface area contributed by atoms with Crippen LogP contribution >= 0.6 is 22.9 Å². The van der Waals surface area contributed by atoms with Crippen molar-refractivity contribution in [1.29, 1.82) is 0 Å². The van der Waals surface area contributed by atoms with Gasteiger partial charge in [-0.25, -0.2) is 0 Å². The maximum Gasteiger partial charge on any atom is 0.416 e. The summed E-state index contributed by atoms with van der Waals surface area (Å²) in [5, 5.41) is 9.53. The quantitative estimate of drug-likeness (QED) is 0.515. The van der Waals surface area contributed by atoms with E-state index < -0.39 is 23.6 Å². The fourth-order valence-corrected chi connectivity index (χ4v) is 4.52. The van der Waals surface area contributed by atoms with Crippen LogP contribution in [0.1, 0.15) is 43.8 Å². The van der Waals surface area contributed by atoms with Gasteiger partial charge >= 0.3 is 6.18 Å². The van der Waals surface area contributed by atoms with Gasteiger partial charge in [0.15, 0.2) is 0 Å². The van der Waals surface area contributed by atoms with E-state index in [0.717, 1.165) is 17.0 Å². The Kier molecular flexibility index (Phi) is 6.42. The number of benzene rings is 1. The number of halogens is 4. The Bertz CT molecular complexity index is 1130. The summed E-state index contributed by atoms with van der Waals surface area (Å²) in [5.74, 6) is -1.17. The second-order valence-electron chi connectivity index (χ2n) is 6.65. The largest absolute Gasteiger partial charge is 0.416 e. The van der Waals surface area contributed by atoms with Crippen molar-refractivity contribution in [2.45, 2.75) is 26.4 Å². The molecular weight excluding hydrogens is 453 g/mol. The Balaban J connectivity index is 1.94. The van der Waals surface area contributed by atoms with Crippen LogP contribution in [0, 0.1) is 6.92 Å². The lowest BCUT2D eigenvalue weighted by Gasteiger charge is -2.12. The van der Waals surface area contributed by atoms with Crippen LogP contribution in [0.5, 0.6) is 0 Å². The monoisotopic (exact) mass is 470 g/mol. The summed E-state index contributed by atoms with van der Waals surface area (Å²) in [6, 6.07) is 4.36. The number of rotatable bonds is 5. The number of nitrogens with one attached hydrogen (secondary N) is 2. The van der Waals surface area contributed by atoms with Crippen molar-refractivity contribution in [2.24, 2.45) is 7.05 Å². The topological polar surface area (TPSA) is 76.0 Å². The summed E-state index contributed by atoms with van der Waals surface area (Å²) in [4.78, 5) is 26.5. The minimum absolute atomic E-state index is 0.00214. The lowest BCUT2D eigenvalue weighted by atomic mass is 10.1. The van der Waals surface area contributed by atoms with Crippen molar-refractivity contribution < 1.29 is 22.8 Å².